The quantitative estimate of drug-likeness (QED) is 0.665. The highest BCUT2D eigenvalue weighted by Crippen LogP contribution is 2.27. The normalized spacial score (nSPS) is 13.7. The summed E-state index contributed by atoms with van der Waals surface area (Å²) in [6.07, 6.45) is 6.89. The third-order valence-corrected chi connectivity index (χ3v) is 4.16. The molecule has 0 atom stereocenters. The topological polar surface area (TPSA) is 66.4 Å². The van der Waals surface area contributed by atoms with Gasteiger partial charge in [0.2, 0.25) is 10.0 Å². The molecule has 0 saturated carbocycles. The van der Waals surface area contributed by atoms with Gasteiger partial charge < -0.3 is 5.11 Å². The Hall–Kier alpha value is -0.910. The highest BCUT2D eigenvalue weighted by Gasteiger charge is 2.28. The number of rotatable bonds is 8. The molecular formula is C17H33NO3S. The molecule has 0 saturated heterocycles. The Bertz CT molecular complexity index is 481. The molecule has 0 rings (SSSR count). The van der Waals surface area contributed by atoms with Crippen LogP contribution < -0.4 is 4.72 Å². The molecule has 0 bridgehead atoms. The van der Waals surface area contributed by atoms with E-state index in [4.69, 9.17) is 0 Å². The van der Waals surface area contributed by atoms with Gasteiger partial charge in [-0.15, -0.1) is 0 Å². The molecule has 0 aliphatic carbocycles. The third kappa shape index (κ3) is 11.7. The van der Waals surface area contributed by atoms with Gasteiger partial charge in [0.25, 0.3) is 0 Å². The predicted octanol–water partition coefficient (Wildman–Crippen LogP) is 3.77. The molecule has 130 valence electrons. The monoisotopic (exact) mass is 331 g/mol. The summed E-state index contributed by atoms with van der Waals surface area (Å²) in [6.45, 7) is 16.6. The van der Waals surface area contributed by atoms with E-state index in [1.54, 1.807) is 39.0 Å². The van der Waals surface area contributed by atoms with Crippen LogP contribution >= 0.6 is 0 Å². The fraction of sp³-hybridized carbons (Fsp3) is 0.647. The van der Waals surface area contributed by atoms with Crippen molar-refractivity contribution in [2.45, 2.75) is 60.5 Å². The minimum atomic E-state index is -3.49. The summed E-state index contributed by atoms with van der Waals surface area (Å²) in [5.41, 5.74) is -1.16. The van der Waals surface area contributed by atoms with Crippen molar-refractivity contribution in [3.8, 4) is 0 Å². The lowest BCUT2D eigenvalue weighted by Gasteiger charge is -2.31. The minimum absolute atomic E-state index is 0.245. The molecule has 0 spiro atoms. The molecule has 5 heteroatoms. The second-order valence-electron chi connectivity index (χ2n) is 6.38. The second kappa shape index (κ2) is 9.98. The van der Waals surface area contributed by atoms with Crippen molar-refractivity contribution in [3.63, 3.8) is 0 Å². The molecular weight excluding hydrogens is 298 g/mol. The molecule has 2 N–H and O–H groups in total. The summed E-state index contributed by atoms with van der Waals surface area (Å²) in [5, 5.41) is 9.83. The Kier molecular flexibility index (Phi) is 10.6. The van der Waals surface area contributed by atoms with E-state index in [1.165, 1.54) is 6.08 Å². The van der Waals surface area contributed by atoms with E-state index < -0.39 is 15.6 Å². The fourth-order valence-corrected chi connectivity index (χ4v) is 3.06. The summed E-state index contributed by atoms with van der Waals surface area (Å²) >= 11 is 0. The van der Waals surface area contributed by atoms with E-state index in [2.05, 4.69) is 11.3 Å². The molecule has 0 aliphatic rings. The highest BCUT2D eigenvalue weighted by atomic mass is 32.2. The maximum Gasteiger partial charge on any atom is 0.236 e. The Labute approximate surface area is 137 Å². The van der Waals surface area contributed by atoms with Gasteiger partial charge in [-0.2, -0.15) is 0 Å². The fourth-order valence-electron chi connectivity index (χ4n) is 2.00. The zero-order valence-corrected chi connectivity index (χ0v) is 15.9. The van der Waals surface area contributed by atoms with Crippen LogP contribution in [0.1, 0.15) is 54.9 Å². The highest BCUT2D eigenvalue weighted by molar-refractivity contribution is 7.93. The smallest absolute Gasteiger partial charge is 0.236 e. The maximum atomic E-state index is 12.0. The van der Waals surface area contributed by atoms with E-state index >= 15 is 0 Å². The SMILES string of the molecule is C=C/C=C\C=C(/C)S(=O)(=O)NCC(C)(C)CC(C)(C)O.CC. The maximum absolute atomic E-state index is 12.0. The van der Waals surface area contributed by atoms with Gasteiger partial charge in [0.1, 0.15) is 0 Å². The predicted molar refractivity (Wildman–Crippen MR) is 96.1 cm³/mol. The molecule has 0 heterocycles. The van der Waals surface area contributed by atoms with Gasteiger partial charge in [-0.25, -0.2) is 13.1 Å². The lowest BCUT2D eigenvalue weighted by Crippen LogP contribution is -2.38. The van der Waals surface area contributed by atoms with Gasteiger partial charge in [-0.05, 0) is 38.7 Å². The number of aliphatic hydroxyl groups is 1. The van der Waals surface area contributed by atoms with Crippen LogP contribution in [0.5, 0.6) is 0 Å². The van der Waals surface area contributed by atoms with Crippen LogP contribution in [-0.2, 0) is 10.0 Å². The summed E-state index contributed by atoms with van der Waals surface area (Å²) in [6, 6.07) is 0. The first-order valence-electron chi connectivity index (χ1n) is 7.58. The van der Waals surface area contributed by atoms with Crippen molar-refractivity contribution < 1.29 is 13.5 Å². The Balaban J connectivity index is 0. The van der Waals surface area contributed by atoms with Crippen LogP contribution in [0.25, 0.3) is 0 Å². The molecule has 0 fully saturated rings. The molecule has 4 nitrogen and oxygen atoms in total. The van der Waals surface area contributed by atoms with Crippen LogP contribution in [0, 0.1) is 5.41 Å². The number of hydrogen-bond donors (Lipinski definition) is 2. The van der Waals surface area contributed by atoms with Gasteiger partial charge in [0, 0.05) is 6.54 Å². The molecule has 0 aliphatic heterocycles. The first-order chi connectivity index (χ1) is 9.90. The number of sulfonamides is 1. The van der Waals surface area contributed by atoms with Crippen LogP contribution in [-0.4, -0.2) is 25.7 Å². The summed E-state index contributed by atoms with van der Waals surface area (Å²) in [5.74, 6) is 0. The summed E-state index contributed by atoms with van der Waals surface area (Å²) < 4.78 is 26.7. The van der Waals surface area contributed by atoms with Crippen LogP contribution in [0.15, 0.2) is 35.8 Å². The van der Waals surface area contributed by atoms with Crippen LogP contribution in [0.2, 0.25) is 0 Å². The van der Waals surface area contributed by atoms with E-state index in [-0.39, 0.29) is 16.9 Å². The van der Waals surface area contributed by atoms with Crippen molar-refractivity contribution in [1.29, 1.82) is 0 Å². The van der Waals surface area contributed by atoms with Crippen LogP contribution in [0.4, 0.5) is 0 Å². The van der Waals surface area contributed by atoms with Crippen molar-refractivity contribution in [3.05, 3.63) is 35.8 Å². The van der Waals surface area contributed by atoms with Crippen molar-refractivity contribution in [1.82, 2.24) is 4.72 Å². The molecule has 0 aromatic rings. The van der Waals surface area contributed by atoms with Gasteiger partial charge in [-0.1, -0.05) is 52.5 Å². The lowest BCUT2D eigenvalue weighted by molar-refractivity contribution is 0.0333. The van der Waals surface area contributed by atoms with E-state index in [1.807, 2.05) is 27.7 Å². The average Bonchev–Trinajstić information content (AvgIpc) is 2.36. The van der Waals surface area contributed by atoms with E-state index in [0.717, 1.165) is 0 Å². The first kappa shape index (κ1) is 23.4. The number of hydrogen-bond acceptors (Lipinski definition) is 3. The van der Waals surface area contributed by atoms with E-state index in [0.29, 0.717) is 6.42 Å². The van der Waals surface area contributed by atoms with Gasteiger partial charge in [-0.3, -0.25) is 0 Å². The second-order valence-corrected chi connectivity index (χ2v) is 8.32. The average molecular weight is 332 g/mol. The molecule has 0 aromatic heterocycles. The van der Waals surface area contributed by atoms with Gasteiger partial charge in [0.15, 0.2) is 0 Å². The standard InChI is InChI=1S/C15H27NO3S.C2H6/c1-7-8-9-10-13(2)20(18,19)16-12-14(3,4)11-15(5,6)17;1-2/h7-10,16-17H,1,11-12H2,2-6H3;1-2H3/b9-8-,13-10+;. The molecule has 0 radical (unpaired) electrons. The largest absolute Gasteiger partial charge is 0.390 e. The Morgan fingerprint density at radius 1 is 1.18 bits per heavy atom. The van der Waals surface area contributed by atoms with Crippen LogP contribution in [0.3, 0.4) is 0 Å². The molecule has 0 amide bonds. The van der Waals surface area contributed by atoms with Gasteiger partial charge in [0.05, 0.1) is 10.5 Å². The summed E-state index contributed by atoms with van der Waals surface area (Å²) in [4.78, 5) is 0.245. The summed E-state index contributed by atoms with van der Waals surface area (Å²) in [7, 11) is -3.49. The van der Waals surface area contributed by atoms with E-state index in [9.17, 15) is 13.5 Å². The van der Waals surface area contributed by atoms with Gasteiger partial charge >= 0.3 is 0 Å². The Morgan fingerprint density at radius 2 is 1.68 bits per heavy atom. The Morgan fingerprint density at radius 3 is 2.09 bits per heavy atom. The molecule has 0 aromatic carbocycles. The molecule has 22 heavy (non-hydrogen) atoms. The third-order valence-electron chi connectivity index (χ3n) is 2.65. The minimum Gasteiger partial charge on any atom is -0.390 e. The lowest BCUT2D eigenvalue weighted by atomic mass is 9.82. The zero-order chi connectivity index (χ0) is 18.0. The van der Waals surface area contributed by atoms with Crippen molar-refractivity contribution >= 4 is 10.0 Å². The first-order valence-corrected chi connectivity index (χ1v) is 9.06. The molecule has 0 unspecified atom stereocenters. The number of allylic oxidation sites excluding steroid dienone is 5. The van der Waals surface area contributed by atoms with Crippen molar-refractivity contribution in [2.24, 2.45) is 5.41 Å². The van der Waals surface area contributed by atoms with Crippen molar-refractivity contribution in [2.75, 3.05) is 6.54 Å². The zero-order valence-electron chi connectivity index (χ0n) is 15.1. The number of nitrogens with one attached hydrogen (secondary N) is 1.